The van der Waals surface area contributed by atoms with E-state index in [0.717, 1.165) is 10.9 Å². The van der Waals surface area contributed by atoms with E-state index >= 15 is 0 Å². The second-order valence-corrected chi connectivity index (χ2v) is 6.26. The van der Waals surface area contributed by atoms with Crippen molar-refractivity contribution in [1.29, 1.82) is 0 Å². The van der Waals surface area contributed by atoms with Crippen LogP contribution in [-0.4, -0.2) is 52.6 Å². The van der Waals surface area contributed by atoms with Gasteiger partial charge in [-0.15, -0.1) is 0 Å². The lowest BCUT2D eigenvalue weighted by atomic mass is 10.0. The molecule has 0 aromatic heterocycles. The quantitative estimate of drug-likeness (QED) is 0.166. The van der Waals surface area contributed by atoms with Crippen molar-refractivity contribution in [1.82, 2.24) is 0 Å². The van der Waals surface area contributed by atoms with E-state index in [1.54, 1.807) is 7.11 Å². The van der Waals surface area contributed by atoms with Gasteiger partial charge in [-0.25, -0.2) is 4.79 Å². The smallest absolute Gasteiger partial charge is 0.341 e. The summed E-state index contributed by atoms with van der Waals surface area (Å²) in [5.41, 5.74) is 1.98. The number of halogens is 2. The number of ether oxygens (including phenoxy) is 5. The Bertz CT molecular complexity index is 633. The molecule has 8 heteroatoms. The van der Waals surface area contributed by atoms with Crippen molar-refractivity contribution in [2.45, 2.75) is 13.3 Å². The highest BCUT2D eigenvalue weighted by Crippen LogP contribution is 2.39. The van der Waals surface area contributed by atoms with E-state index in [1.165, 1.54) is 20.3 Å². The summed E-state index contributed by atoms with van der Waals surface area (Å²) in [7, 11) is 4.40. The average Bonchev–Trinajstić information content (AvgIpc) is 2.65. The number of methoxy groups -OCH3 is 3. The van der Waals surface area contributed by atoms with Gasteiger partial charge in [0.15, 0.2) is 6.79 Å². The fourth-order valence-corrected chi connectivity index (χ4v) is 2.66. The third kappa shape index (κ3) is 6.46. The fraction of sp³-hybridized carbons (Fsp3) is 0.500. The van der Waals surface area contributed by atoms with Crippen LogP contribution in [0.25, 0.3) is 0 Å². The highest BCUT2D eigenvalue weighted by molar-refractivity contribution is 9.09. The van der Waals surface area contributed by atoms with Gasteiger partial charge in [-0.2, -0.15) is 0 Å². The van der Waals surface area contributed by atoms with Crippen molar-refractivity contribution in [3.8, 4) is 11.5 Å². The Morgan fingerprint density at radius 2 is 1.96 bits per heavy atom. The molecule has 26 heavy (non-hydrogen) atoms. The topological polar surface area (TPSA) is 63.2 Å². The van der Waals surface area contributed by atoms with Crippen molar-refractivity contribution in [2.75, 3.05) is 46.7 Å². The molecular formula is C18H24BrClO6. The number of esters is 1. The van der Waals surface area contributed by atoms with Crippen molar-refractivity contribution >= 4 is 33.5 Å². The van der Waals surface area contributed by atoms with Crippen LogP contribution >= 0.6 is 27.5 Å². The van der Waals surface area contributed by atoms with E-state index < -0.39 is 5.97 Å². The molecule has 0 spiro atoms. The molecule has 0 aliphatic heterocycles. The second kappa shape index (κ2) is 12.2. The first kappa shape index (κ1) is 22.8. The molecule has 0 bridgehead atoms. The number of carbonyl (C=O) groups is 1. The number of allylic oxidation sites excluding steroid dienone is 2. The molecule has 6 nitrogen and oxygen atoms in total. The van der Waals surface area contributed by atoms with Gasteiger partial charge in [0.25, 0.3) is 0 Å². The lowest BCUT2D eigenvalue weighted by Crippen LogP contribution is -2.13. The Balaban J connectivity index is 3.29. The molecule has 0 saturated heterocycles. The van der Waals surface area contributed by atoms with Crippen LogP contribution in [0.2, 0.25) is 5.02 Å². The number of hydrogen-bond donors (Lipinski definition) is 0. The zero-order chi connectivity index (χ0) is 19.5. The van der Waals surface area contributed by atoms with Crippen molar-refractivity contribution < 1.29 is 28.5 Å². The normalized spacial score (nSPS) is 11.4. The SMILES string of the molecule is COCCOCOc1c(C(=O)OC)cc(Cl)c(OC)c1C/C=C(\C)CBr. The van der Waals surface area contributed by atoms with Gasteiger partial charge in [-0.1, -0.05) is 39.2 Å². The summed E-state index contributed by atoms with van der Waals surface area (Å²) in [5.74, 6) is 0.225. The predicted molar refractivity (Wildman–Crippen MR) is 104 cm³/mol. The minimum Gasteiger partial charge on any atom is -0.495 e. The molecule has 0 saturated carbocycles. The van der Waals surface area contributed by atoms with Gasteiger partial charge in [0.05, 0.1) is 32.5 Å². The van der Waals surface area contributed by atoms with E-state index in [-0.39, 0.29) is 12.4 Å². The molecule has 146 valence electrons. The molecule has 0 fully saturated rings. The first-order valence-electron chi connectivity index (χ1n) is 7.88. The third-order valence-electron chi connectivity index (χ3n) is 3.47. The van der Waals surface area contributed by atoms with E-state index in [2.05, 4.69) is 15.9 Å². The van der Waals surface area contributed by atoms with Crippen LogP contribution in [0, 0.1) is 0 Å². The van der Waals surface area contributed by atoms with Crippen LogP contribution in [0.1, 0.15) is 22.8 Å². The van der Waals surface area contributed by atoms with Gasteiger partial charge in [0.1, 0.15) is 17.1 Å². The van der Waals surface area contributed by atoms with Gasteiger partial charge in [-0.05, 0) is 19.4 Å². The molecule has 0 heterocycles. The molecule has 1 rings (SSSR count). The molecule has 0 aliphatic carbocycles. The number of benzene rings is 1. The van der Waals surface area contributed by atoms with Crippen LogP contribution < -0.4 is 9.47 Å². The third-order valence-corrected chi connectivity index (χ3v) is 4.64. The van der Waals surface area contributed by atoms with E-state index in [0.29, 0.717) is 41.7 Å². The molecule has 0 radical (unpaired) electrons. The maximum atomic E-state index is 12.2. The van der Waals surface area contributed by atoms with Gasteiger partial charge in [-0.3, -0.25) is 0 Å². The lowest BCUT2D eigenvalue weighted by Gasteiger charge is -2.18. The first-order chi connectivity index (χ1) is 12.5. The number of rotatable bonds is 11. The Morgan fingerprint density at radius 1 is 1.23 bits per heavy atom. The maximum Gasteiger partial charge on any atom is 0.341 e. The summed E-state index contributed by atoms with van der Waals surface area (Å²) in [6.07, 6.45) is 2.47. The van der Waals surface area contributed by atoms with E-state index in [9.17, 15) is 4.79 Å². The van der Waals surface area contributed by atoms with Crippen LogP contribution in [0.15, 0.2) is 17.7 Å². The van der Waals surface area contributed by atoms with E-state index in [1.807, 2.05) is 13.0 Å². The Morgan fingerprint density at radius 3 is 2.54 bits per heavy atom. The van der Waals surface area contributed by atoms with Crippen molar-refractivity contribution in [3.05, 3.63) is 33.9 Å². The molecule has 0 unspecified atom stereocenters. The van der Waals surface area contributed by atoms with Gasteiger partial charge >= 0.3 is 5.97 Å². The molecule has 1 aromatic carbocycles. The zero-order valence-corrected chi connectivity index (χ0v) is 17.7. The lowest BCUT2D eigenvalue weighted by molar-refractivity contribution is -0.00950. The minimum absolute atomic E-state index is 0.0493. The van der Waals surface area contributed by atoms with Crippen LogP contribution in [0.5, 0.6) is 11.5 Å². The summed E-state index contributed by atoms with van der Waals surface area (Å²) in [6, 6.07) is 1.47. The maximum absolute atomic E-state index is 12.2. The summed E-state index contributed by atoms with van der Waals surface area (Å²) >= 11 is 9.70. The first-order valence-corrected chi connectivity index (χ1v) is 9.38. The average molecular weight is 452 g/mol. The molecule has 0 atom stereocenters. The summed E-state index contributed by atoms with van der Waals surface area (Å²) in [5, 5.41) is 1.04. The van der Waals surface area contributed by atoms with Gasteiger partial charge < -0.3 is 23.7 Å². The Labute approximate surface area is 167 Å². The van der Waals surface area contributed by atoms with Gasteiger partial charge in [0.2, 0.25) is 0 Å². The molecular weight excluding hydrogens is 428 g/mol. The Hall–Kier alpha value is -1.28. The van der Waals surface area contributed by atoms with Gasteiger partial charge in [0, 0.05) is 18.0 Å². The monoisotopic (exact) mass is 450 g/mol. The van der Waals surface area contributed by atoms with Crippen molar-refractivity contribution in [2.24, 2.45) is 0 Å². The van der Waals surface area contributed by atoms with Crippen LogP contribution in [0.4, 0.5) is 0 Å². The Kier molecular flexibility index (Phi) is 10.7. The number of alkyl halides is 1. The molecule has 1 aromatic rings. The summed E-state index contributed by atoms with van der Waals surface area (Å²) < 4.78 is 26.3. The number of hydrogen-bond acceptors (Lipinski definition) is 6. The fourth-order valence-electron chi connectivity index (χ4n) is 2.13. The zero-order valence-electron chi connectivity index (χ0n) is 15.4. The second-order valence-electron chi connectivity index (χ2n) is 5.29. The van der Waals surface area contributed by atoms with Crippen molar-refractivity contribution in [3.63, 3.8) is 0 Å². The standard InChI is InChI=1S/C18H24BrClO6/c1-12(10-19)5-6-13-16(26-11-25-8-7-22-2)14(18(21)24-4)9-15(20)17(13)23-3/h5,9H,6-8,10-11H2,1-4H3/b12-5+. The van der Waals surface area contributed by atoms with Crippen LogP contribution in [0.3, 0.4) is 0 Å². The molecule has 0 N–H and O–H groups in total. The predicted octanol–water partition coefficient (Wildman–Crippen LogP) is 4.02. The largest absolute Gasteiger partial charge is 0.495 e. The summed E-state index contributed by atoms with van der Waals surface area (Å²) in [6.45, 7) is 2.75. The van der Waals surface area contributed by atoms with Crippen LogP contribution in [-0.2, 0) is 20.6 Å². The summed E-state index contributed by atoms with van der Waals surface area (Å²) in [4.78, 5) is 12.2. The van der Waals surface area contributed by atoms with E-state index in [4.69, 9.17) is 35.3 Å². The highest BCUT2D eigenvalue weighted by atomic mass is 79.9. The highest BCUT2D eigenvalue weighted by Gasteiger charge is 2.23. The minimum atomic E-state index is -0.552. The molecule has 0 aliphatic rings. The molecule has 0 amide bonds. The number of carbonyl (C=O) groups excluding carboxylic acids is 1.